The van der Waals surface area contributed by atoms with Crippen LogP contribution in [0.15, 0.2) is 39.5 Å². The first-order valence-electron chi connectivity index (χ1n) is 5.30. The van der Waals surface area contributed by atoms with Gasteiger partial charge in [0.2, 0.25) is 0 Å². The van der Waals surface area contributed by atoms with Crippen molar-refractivity contribution in [3.8, 4) is 0 Å². The minimum Gasteiger partial charge on any atom is -0.337 e. The molecule has 0 N–H and O–H groups in total. The number of hydrogen-bond acceptors (Lipinski definition) is 2. The molecule has 1 aromatic carbocycles. The highest BCUT2D eigenvalue weighted by Gasteiger charge is 2.13. The summed E-state index contributed by atoms with van der Waals surface area (Å²) in [6, 6.07) is 8.06. The molecule has 2 nitrogen and oxygen atoms in total. The molecule has 0 aliphatic heterocycles. The van der Waals surface area contributed by atoms with Crippen LogP contribution in [0.2, 0.25) is 0 Å². The third-order valence-electron chi connectivity index (χ3n) is 2.47. The van der Waals surface area contributed by atoms with Crippen molar-refractivity contribution < 1.29 is 9.18 Å². The summed E-state index contributed by atoms with van der Waals surface area (Å²) >= 11 is 4.79. The number of halogens is 2. The van der Waals surface area contributed by atoms with E-state index in [0.29, 0.717) is 12.1 Å². The van der Waals surface area contributed by atoms with Gasteiger partial charge >= 0.3 is 0 Å². The fourth-order valence-electron chi connectivity index (χ4n) is 1.62. The first-order chi connectivity index (χ1) is 8.56. The van der Waals surface area contributed by atoms with Gasteiger partial charge in [0, 0.05) is 19.0 Å². The zero-order chi connectivity index (χ0) is 13.1. The molecule has 0 atom stereocenters. The van der Waals surface area contributed by atoms with Crippen molar-refractivity contribution in [3.05, 3.63) is 56.4 Å². The van der Waals surface area contributed by atoms with Crippen molar-refractivity contribution in [2.24, 2.45) is 0 Å². The van der Waals surface area contributed by atoms with Gasteiger partial charge in [-0.15, -0.1) is 11.3 Å². The number of carbonyl (C=O) groups excluding carboxylic acids is 1. The van der Waals surface area contributed by atoms with Crippen molar-refractivity contribution in [1.29, 1.82) is 0 Å². The molecule has 0 aliphatic carbocycles. The van der Waals surface area contributed by atoms with Crippen molar-refractivity contribution in [1.82, 2.24) is 4.90 Å². The van der Waals surface area contributed by atoms with Gasteiger partial charge in [-0.05, 0) is 39.7 Å². The summed E-state index contributed by atoms with van der Waals surface area (Å²) in [7, 11) is 1.71. The summed E-state index contributed by atoms with van der Waals surface area (Å²) in [5.41, 5.74) is 1.42. The number of rotatable bonds is 3. The molecule has 1 aromatic heterocycles. The van der Waals surface area contributed by atoms with Gasteiger partial charge in [0.15, 0.2) is 0 Å². The van der Waals surface area contributed by atoms with E-state index in [1.54, 1.807) is 35.5 Å². The first kappa shape index (κ1) is 13.2. The van der Waals surface area contributed by atoms with E-state index in [1.807, 2.05) is 0 Å². The van der Waals surface area contributed by atoms with Crippen LogP contribution in [-0.2, 0) is 6.54 Å². The molecule has 0 saturated heterocycles. The number of hydrogen-bond donors (Lipinski definition) is 0. The number of benzene rings is 1. The molecule has 0 spiro atoms. The molecule has 1 amide bonds. The van der Waals surface area contributed by atoms with Crippen LogP contribution in [0, 0.1) is 5.82 Å². The molecular weight excluding hydrogens is 317 g/mol. The number of carbonyl (C=O) groups is 1. The molecule has 0 radical (unpaired) electrons. The summed E-state index contributed by atoms with van der Waals surface area (Å²) in [4.78, 5) is 13.6. The molecule has 0 unspecified atom stereocenters. The minimum absolute atomic E-state index is 0.0683. The molecule has 18 heavy (non-hydrogen) atoms. The van der Waals surface area contributed by atoms with Gasteiger partial charge in [0.05, 0.1) is 9.35 Å². The Bertz CT molecular complexity index is 570. The summed E-state index contributed by atoms with van der Waals surface area (Å²) in [5.74, 6) is -0.354. The van der Waals surface area contributed by atoms with Gasteiger partial charge in [0.25, 0.3) is 5.91 Å². The van der Waals surface area contributed by atoms with Gasteiger partial charge in [-0.2, -0.15) is 0 Å². The lowest BCUT2D eigenvalue weighted by Crippen LogP contribution is -2.25. The van der Waals surface area contributed by atoms with Crippen LogP contribution in [0.1, 0.15) is 15.9 Å². The lowest BCUT2D eigenvalue weighted by atomic mass is 10.2. The minimum atomic E-state index is -0.286. The van der Waals surface area contributed by atoms with E-state index in [4.69, 9.17) is 0 Å². The fraction of sp³-hybridized carbons (Fsp3) is 0.154. The molecule has 2 aromatic rings. The largest absolute Gasteiger partial charge is 0.337 e. The van der Waals surface area contributed by atoms with E-state index < -0.39 is 0 Å². The molecule has 1 heterocycles. The van der Waals surface area contributed by atoms with Gasteiger partial charge in [-0.25, -0.2) is 4.39 Å². The lowest BCUT2D eigenvalue weighted by Gasteiger charge is -2.16. The monoisotopic (exact) mass is 327 g/mol. The molecule has 2 rings (SSSR count). The quantitative estimate of drug-likeness (QED) is 0.836. The van der Waals surface area contributed by atoms with Crippen LogP contribution < -0.4 is 0 Å². The molecule has 0 aliphatic rings. The second-order valence-corrected chi connectivity index (χ2v) is 6.22. The standard InChI is InChI=1S/C13H11BrFNOS/c1-16(7-9-3-2-4-11(15)5-9)13(17)10-6-12(14)18-8-10/h2-6,8H,7H2,1H3. The van der Waals surface area contributed by atoms with Crippen molar-refractivity contribution in [2.75, 3.05) is 7.05 Å². The van der Waals surface area contributed by atoms with Crippen LogP contribution in [0.4, 0.5) is 4.39 Å². The average molecular weight is 328 g/mol. The molecule has 94 valence electrons. The average Bonchev–Trinajstić information content (AvgIpc) is 2.75. The third kappa shape index (κ3) is 3.17. The van der Waals surface area contributed by atoms with Crippen molar-refractivity contribution >= 4 is 33.2 Å². The van der Waals surface area contributed by atoms with Crippen LogP contribution in [0.3, 0.4) is 0 Å². The zero-order valence-corrected chi connectivity index (χ0v) is 12.1. The highest BCUT2D eigenvalue weighted by molar-refractivity contribution is 9.11. The van der Waals surface area contributed by atoms with Crippen LogP contribution in [-0.4, -0.2) is 17.9 Å². The summed E-state index contributed by atoms with van der Waals surface area (Å²) in [6.45, 7) is 0.393. The topological polar surface area (TPSA) is 20.3 Å². The Morgan fingerprint density at radius 2 is 2.22 bits per heavy atom. The smallest absolute Gasteiger partial charge is 0.254 e. The van der Waals surface area contributed by atoms with Gasteiger partial charge < -0.3 is 4.90 Å². The number of thiophene rings is 1. The van der Waals surface area contributed by atoms with Crippen molar-refractivity contribution in [3.63, 3.8) is 0 Å². The predicted molar refractivity (Wildman–Crippen MR) is 74.2 cm³/mol. The molecule has 0 saturated carbocycles. The second-order valence-electron chi connectivity index (χ2n) is 3.93. The lowest BCUT2D eigenvalue weighted by molar-refractivity contribution is 0.0785. The van der Waals surface area contributed by atoms with E-state index in [2.05, 4.69) is 15.9 Å². The maximum absolute atomic E-state index is 13.0. The number of amides is 1. The van der Waals surface area contributed by atoms with Gasteiger partial charge in [-0.3, -0.25) is 4.79 Å². The Morgan fingerprint density at radius 1 is 1.44 bits per heavy atom. The summed E-state index contributed by atoms with van der Waals surface area (Å²) in [5, 5.41) is 1.80. The molecule has 0 fully saturated rings. The first-order valence-corrected chi connectivity index (χ1v) is 6.97. The fourth-order valence-corrected chi connectivity index (χ4v) is 2.75. The van der Waals surface area contributed by atoms with Crippen LogP contribution >= 0.6 is 27.3 Å². The van der Waals surface area contributed by atoms with E-state index in [9.17, 15) is 9.18 Å². The summed E-state index contributed by atoms with van der Waals surface area (Å²) < 4.78 is 14.0. The Morgan fingerprint density at radius 3 is 2.83 bits per heavy atom. The van der Waals surface area contributed by atoms with E-state index in [-0.39, 0.29) is 11.7 Å². The second kappa shape index (κ2) is 5.63. The van der Waals surface area contributed by atoms with Crippen LogP contribution in [0.25, 0.3) is 0 Å². The van der Waals surface area contributed by atoms with E-state index >= 15 is 0 Å². The van der Waals surface area contributed by atoms with Gasteiger partial charge in [-0.1, -0.05) is 12.1 Å². The van der Waals surface area contributed by atoms with Crippen LogP contribution in [0.5, 0.6) is 0 Å². The maximum Gasteiger partial charge on any atom is 0.254 e. The molecule has 0 bridgehead atoms. The van der Waals surface area contributed by atoms with Gasteiger partial charge in [0.1, 0.15) is 5.82 Å². The van der Waals surface area contributed by atoms with E-state index in [0.717, 1.165) is 9.35 Å². The number of nitrogens with zero attached hydrogens (tertiary/aromatic N) is 1. The Hall–Kier alpha value is -1.20. The highest BCUT2D eigenvalue weighted by atomic mass is 79.9. The Balaban J connectivity index is 2.08. The summed E-state index contributed by atoms with van der Waals surface area (Å²) in [6.07, 6.45) is 0. The SMILES string of the molecule is CN(Cc1cccc(F)c1)C(=O)c1csc(Br)c1. The third-order valence-corrected chi connectivity index (χ3v) is 3.97. The van der Waals surface area contributed by atoms with E-state index in [1.165, 1.54) is 23.5 Å². The van der Waals surface area contributed by atoms with Crippen molar-refractivity contribution in [2.45, 2.75) is 6.54 Å². The Labute approximate surface area is 117 Å². The normalized spacial score (nSPS) is 10.4. The predicted octanol–water partition coefficient (Wildman–Crippen LogP) is 3.92. The highest BCUT2D eigenvalue weighted by Crippen LogP contribution is 2.22. The Kier molecular flexibility index (Phi) is 4.14. The zero-order valence-electron chi connectivity index (χ0n) is 9.69. The molecule has 5 heteroatoms. The molecular formula is C13H11BrFNOS. The maximum atomic E-state index is 13.0.